The molecule has 0 amide bonds. The van der Waals surface area contributed by atoms with E-state index in [4.69, 9.17) is 17.7 Å². The van der Waals surface area contributed by atoms with Crippen LogP contribution in [0.2, 0.25) is 0 Å². The molecular formula is C126H185N11OS10. The minimum atomic E-state index is 0.0417. The summed E-state index contributed by atoms with van der Waals surface area (Å²) < 4.78 is 0. The van der Waals surface area contributed by atoms with E-state index < -0.39 is 0 Å². The fraction of sp³-hybridized carbons (Fsp3) is 0.643. The van der Waals surface area contributed by atoms with Gasteiger partial charge in [-0.05, 0) is 373 Å². The third kappa shape index (κ3) is 31.9. The molecular weight excluding hydrogens is 2000 g/mol. The average molecular weight is 2190 g/mol. The average Bonchev–Trinajstić information content (AvgIpc) is 1.52. The summed E-state index contributed by atoms with van der Waals surface area (Å²) in [6, 6.07) is 38.7. The molecule has 0 saturated heterocycles. The largest absolute Gasteiger partial charge is 0.390 e. The third-order valence-electron chi connectivity index (χ3n) is 38.6. The number of aromatic nitrogens is 11. The third-order valence-corrected chi connectivity index (χ3v) is 48.6. The molecule has 12 aliphatic rings. The van der Waals surface area contributed by atoms with Gasteiger partial charge in [0, 0.05) is 98.8 Å². The Morgan fingerprint density at radius 1 is 0.358 bits per heavy atom. The normalized spacial score (nSPS) is 30.8. The number of imidazole rings is 4. The van der Waals surface area contributed by atoms with Crippen LogP contribution >= 0.6 is 114 Å². The summed E-state index contributed by atoms with van der Waals surface area (Å²) in [4.78, 5) is 40.5. The molecule has 24 atom stereocenters. The van der Waals surface area contributed by atoms with Gasteiger partial charge in [-0.25, -0.2) is 34.9 Å². The first kappa shape index (κ1) is 119. The van der Waals surface area contributed by atoms with Gasteiger partial charge >= 0.3 is 0 Å². The van der Waals surface area contributed by atoms with Crippen LogP contribution in [0.15, 0.2) is 234 Å². The molecule has 9 unspecified atom stereocenters. The molecule has 0 radical (unpaired) electrons. The van der Waals surface area contributed by atoms with Crippen molar-refractivity contribution in [1.82, 2.24) is 54.8 Å². The van der Waals surface area contributed by atoms with E-state index in [0.717, 1.165) is 172 Å². The maximum Gasteiger partial charge on any atom is 0.107 e. The Morgan fingerprint density at radius 2 is 0.723 bits per heavy atom. The van der Waals surface area contributed by atoms with Crippen molar-refractivity contribution >= 4 is 114 Å². The second-order valence-corrected chi connectivity index (χ2v) is 58.7. The Hall–Kier alpha value is -4.59. The Balaban J connectivity index is 0.000000143. The van der Waals surface area contributed by atoms with Crippen LogP contribution in [-0.4, -0.2) is 75.7 Å². The highest BCUT2D eigenvalue weighted by Gasteiger charge is 2.63. The minimum absolute atomic E-state index is 0.0417. The molecule has 810 valence electrons. The fourth-order valence-corrected chi connectivity index (χ4v) is 39.1. The van der Waals surface area contributed by atoms with E-state index in [1.807, 2.05) is 130 Å². The SMILES string of the molecule is CC(C)CCC[C@@H](C)[C@H]1CCC2C3CC=C4C[C@@H](S)CC[C@]4(C)C3CC[C@@]21C.CC(C)CCC[C@@H](C)[C@H]1CCC2C3CC=C4C[C@@H](SSCc5cnc[nH]5)CC[C@]4(C)C3CC[C@@]21C.CC(C)CCC[C@@H](C)[C@H]1CCC2C3CC=C4C[C@@H](SSc5ccccn5)CC[C@]4(C)C3CC[C@@]21C.OCc1cnc[nH]1.SCc1ccccc1.SCc1cnc[nH]1.c1ccc(CSCc2cnc[nH]2)cc1.c1ccc(SSc2ccccn2)nc1. The van der Waals surface area contributed by atoms with Gasteiger partial charge in [0.15, 0.2) is 0 Å². The lowest BCUT2D eigenvalue weighted by atomic mass is 9.47. The molecule has 12 nitrogen and oxygen atoms in total. The quantitative estimate of drug-likeness (QED) is 0.0114. The summed E-state index contributed by atoms with van der Waals surface area (Å²) in [7, 11) is 11.3. The van der Waals surface area contributed by atoms with Gasteiger partial charge in [0.2, 0.25) is 0 Å². The van der Waals surface area contributed by atoms with Crippen LogP contribution in [-0.2, 0) is 35.4 Å². The van der Waals surface area contributed by atoms with Gasteiger partial charge in [-0.3, -0.25) is 0 Å². The van der Waals surface area contributed by atoms with E-state index in [1.165, 1.54) is 241 Å². The lowest BCUT2D eigenvalue weighted by Crippen LogP contribution is -2.50. The maximum atomic E-state index is 8.36. The van der Waals surface area contributed by atoms with Crippen LogP contribution in [0.25, 0.3) is 0 Å². The van der Waals surface area contributed by atoms with Crippen molar-refractivity contribution in [3.63, 3.8) is 0 Å². The van der Waals surface area contributed by atoms with E-state index in [-0.39, 0.29) is 6.61 Å². The topological polar surface area (TPSA) is 174 Å². The van der Waals surface area contributed by atoms with E-state index in [0.29, 0.717) is 37.7 Å². The second-order valence-electron chi connectivity index (χ2n) is 48.9. The Labute approximate surface area is 939 Å². The molecule has 9 saturated carbocycles. The summed E-state index contributed by atoms with van der Waals surface area (Å²) in [6.45, 7) is 38.3. The molecule has 22 heteroatoms. The number of aliphatic hydroxyl groups excluding tert-OH is 1. The van der Waals surface area contributed by atoms with Crippen molar-refractivity contribution in [2.45, 2.75) is 382 Å². The highest BCUT2D eigenvalue weighted by atomic mass is 33.1. The van der Waals surface area contributed by atoms with Gasteiger partial charge in [0.1, 0.15) is 15.1 Å². The van der Waals surface area contributed by atoms with Gasteiger partial charge in [0.05, 0.1) is 43.8 Å². The van der Waals surface area contributed by atoms with Crippen LogP contribution in [0.4, 0.5) is 0 Å². The van der Waals surface area contributed by atoms with Gasteiger partial charge in [0.25, 0.3) is 0 Å². The van der Waals surface area contributed by atoms with Crippen molar-refractivity contribution in [1.29, 1.82) is 0 Å². The van der Waals surface area contributed by atoms with Crippen molar-refractivity contribution in [3.8, 4) is 0 Å². The number of hydrogen-bond acceptors (Lipinski definition) is 18. The summed E-state index contributed by atoms with van der Waals surface area (Å²) >= 11 is 14.8. The summed E-state index contributed by atoms with van der Waals surface area (Å²) in [6.07, 6.45) is 74.9. The monoisotopic (exact) mass is 2190 g/mol. The number of rotatable bonds is 32. The van der Waals surface area contributed by atoms with Crippen molar-refractivity contribution in [3.05, 3.63) is 253 Å². The molecule has 5 N–H and O–H groups in total. The molecule has 9 fully saturated rings. The van der Waals surface area contributed by atoms with E-state index in [1.54, 1.807) is 70.9 Å². The highest BCUT2D eigenvalue weighted by Crippen LogP contribution is 2.72. The smallest absolute Gasteiger partial charge is 0.107 e. The Kier molecular flexibility index (Phi) is 47.1. The minimum Gasteiger partial charge on any atom is -0.390 e. The molecule has 21 rings (SSSR count). The number of pyridine rings is 3. The molecule has 0 aliphatic heterocycles. The van der Waals surface area contributed by atoms with Crippen LogP contribution in [0.3, 0.4) is 0 Å². The van der Waals surface area contributed by atoms with Gasteiger partial charge in [-0.1, -0.05) is 308 Å². The summed E-state index contributed by atoms with van der Waals surface area (Å²) in [5, 5.41) is 13.7. The predicted molar refractivity (Wildman–Crippen MR) is 650 cm³/mol. The molecule has 12 aliphatic carbocycles. The molecule has 9 aromatic rings. The van der Waals surface area contributed by atoms with Crippen molar-refractivity contribution in [2.24, 2.45) is 139 Å². The number of nitrogens with one attached hydrogen (secondary N) is 4. The molecule has 2 aromatic carbocycles. The van der Waals surface area contributed by atoms with Crippen molar-refractivity contribution in [2.75, 3.05) is 0 Å². The maximum absolute atomic E-state index is 8.36. The first-order valence-electron chi connectivity index (χ1n) is 57.4. The molecule has 7 aromatic heterocycles. The van der Waals surface area contributed by atoms with E-state index in [9.17, 15) is 0 Å². The zero-order valence-corrected chi connectivity index (χ0v) is 101. The molecule has 7 heterocycles. The molecule has 148 heavy (non-hydrogen) atoms. The van der Waals surface area contributed by atoms with Gasteiger partial charge in [-0.2, -0.15) is 49.6 Å². The number of nitrogens with zero attached hydrogens (tertiary/aromatic N) is 7. The summed E-state index contributed by atoms with van der Waals surface area (Å²) in [5.74, 6) is 21.6. The van der Waals surface area contributed by atoms with E-state index in [2.05, 4.69) is 272 Å². The number of aliphatic hydroxyl groups is 1. The van der Waals surface area contributed by atoms with Gasteiger partial charge < -0.3 is 25.0 Å². The van der Waals surface area contributed by atoms with E-state index >= 15 is 0 Å². The fourth-order valence-electron chi connectivity index (χ4n) is 30.6. The molecule has 0 spiro atoms. The Bertz CT molecular complexity index is 5240. The zero-order chi connectivity index (χ0) is 105. The number of H-pyrrole nitrogens is 4. The van der Waals surface area contributed by atoms with Gasteiger partial charge in [-0.15, -0.1) is 0 Å². The number of aromatic amines is 4. The number of hydrogen-bond donors (Lipinski definition) is 8. The number of thioether (sulfide) groups is 1. The Morgan fingerprint density at radius 3 is 1.07 bits per heavy atom. The highest BCUT2D eigenvalue weighted by molar-refractivity contribution is 8.77. The van der Waals surface area contributed by atoms with Crippen LogP contribution < -0.4 is 0 Å². The van der Waals surface area contributed by atoms with Crippen LogP contribution in [0.1, 0.15) is 350 Å². The van der Waals surface area contributed by atoms with Crippen LogP contribution in [0, 0.1) is 139 Å². The summed E-state index contributed by atoms with van der Waals surface area (Å²) in [5.41, 5.74) is 15.6. The van der Waals surface area contributed by atoms with Crippen LogP contribution in [0.5, 0.6) is 0 Å². The lowest BCUT2D eigenvalue weighted by molar-refractivity contribution is -0.0498. The zero-order valence-electron chi connectivity index (χ0n) is 92.5. The first-order valence-corrected chi connectivity index (χ1v) is 67.1. The van der Waals surface area contributed by atoms with Crippen molar-refractivity contribution < 1.29 is 5.11 Å². The number of thiol groups is 3. The standard InChI is InChI=1S/C32H49NS2.C31H50N2S2.C27H46S.C11H12N2S.C10H8N2S2.C7H8S.C4H6N2O.C4H6N2S/c1-22(2)9-8-10-23(3)27-14-15-28-26-13-12-24-21-25(34-35-30-11-6-7-20-33-30)16-18-31(24,4)29(26)17-19-32(27,28)5;1-21(2)7-6-8-22(3)27-11-12-28-26-10-9-23-17-25(35-34-19-24-18-32-20-33-24)13-15-30(23,4)29(26)14-16-31(27,28)5;1-18(2)7-6-8-19(3)23-11-12-24-22-10-9-20-17-21(28)13-15-26(20,4)25(22)14-16-27(23,24)5;1-2-4-10(5-3-1)7-14-8-11-6-12-9-13-11;1-3-7-11-9(5-1)13-14-10-6-2-4-8-12-10;8-6-7-4-2-1-3-5-7;2*7-2-4-1-5-3-6-4/h6-7,11-12,20,22-23,25-29H,8-10,13-19,21H2,1-5H3;9,18,20-22,25-29H,6-8,10-17,19H2,1-5H3,(H,32,33);9,18-19,21-25,28H,6-8,10-17H2,1-5H3;1-6,9H,7-8H2,(H,12,13);1-8H;1-5,8H,6H2;2*1,3,7H,2H2,(H,5,6)/t23-,25+,26?,27-,28?,29?,31+,32-;22-,25+,26?,27-,28?,29?,30+,31-;19-,21+,22?,23-,24?,25?,26+,27-;;;;;/m111...../s1. The second kappa shape index (κ2) is 58.6. The predicted octanol–water partition coefficient (Wildman–Crippen LogP) is 37.2. The first-order chi connectivity index (χ1) is 71.6. The number of benzene rings is 2. The number of allylic oxidation sites excluding steroid dienone is 6. The molecule has 0 bridgehead atoms. The lowest BCUT2D eigenvalue weighted by Gasteiger charge is -2.58. The number of fused-ring (bicyclic) bond motifs is 15.